The van der Waals surface area contributed by atoms with Crippen molar-refractivity contribution in [1.82, 2.24) is 15.1 Å². The predicted molar refractivity (Wildman–Crippen MR) is 89.0 cm³/mol. The van der Waals surface area contributed by atoms with Crippen molar-refractivity contribution in [1.29, 1.82) is 0 Å². The highest BCUT2D eigenvalue weighted by Crippen LogP contribution is 2.19. The maximum atomic E-state index is 12.1. The van der Waals surface area contributed by atoms with Crippen LogP contribution in [0.25, 0.3) is 6.08 Å². The van der Waals surface area contributed by atoms with Crippen molar-refractivity contribution in [3.05, 3.63) is 35.9 Å². The molecular weight excluding hydrogens is 278 g/mol. The largest absolute Gasteiger partial charge is 0.492 e. The molecule has 0 radical (unpaired) electrons. The molecule has 0 saturated carbocycles. The number of amides is 1. The Bertz CT molecular complexity index is 508. The molecule has 1 N–H and O–H groups in total. The lowest BCUT2D eigenvalue weighted by Crippen LogP contribution is -2.45. The van der Waals surface area contributed by atoms with Gasteiger partial charge in [0.05, 0.1) is 0 Å². The zero-order chi connectivity index (χ0) is 15.8. The van der Waals surface area contributed by atoms with Crippen molar-refractivity contribution in [3.8, 4) is 5.75 Å². The molecule has 1 aromatic carbocycles. The van der Waals surface area contributed by atoms with Crippen molar-refractivity contribution in [3.63, 3.8) is 0 Å². The van der Waals surface area contributed by atoms with Crippen LogP contribution < -0.4 is 10.1 Å². The number of rotatable bonds is 6. The summed E-state index contributed by atoms with van der Waals surface area (Å²) >= 11 is 0. The van der Waals surface area contributed by atoms with Crippen LogP contribution in [0.4, 0.5) is 0 Å². The summed E-state index contributed by atoms with van der Waals surface area (Å²) in [5.74, 6) is 0.873. The maximum Gasteiger partial charge on any atom is 0.246 e. The van der Waals surface area contributed by atoms with Crippen LogP contribution in [0.1, 0.15) is 5.56 Å². The molecule has 0 spiro atoms. The van der Waals surface area contributed by atoms with E-state index in [1.54, 1.807) is 6.08 Å². The van der Waals surface area contributed by atoms with E-state index in [1.165, 1.54) is 0 Å². The highest BCUT2D eigenvalue weighted by atomic mass is 16.5. The van der Waals surface area contributed by atoms with Gasteiger partial charge >= 0.3 is 0 Å². The fourth-order valence-electron chi connectivity index (χ4n) is 2.24. The Labute approximate surface area is 132 Å². The number of benzene rings is 1. The number of hydrogen-bond acceptors (Lipinski definition) is 4. The minimum atomic E-state index is 0.0598. The molecule has 0 unspecified atom stereocenters. The second-order valence-electron chi connectivity index (χ2n) is 5.60. The van der Waals surface area contributed by atoms with Gasteiger partial charge in [-0.05, 0) is 26.2 Å². The van der Waals surface area contributed by atoms with E-state index in [9.17, 15) is 4.79 Å². The standard InChI is InChI=1S/C17H25N3O2/c1-19(2)13-14-22-16-6-4-3-5-15(16)7-8-17(21)20-11-9-18-10-12-20/h3-8,18H,9-14H2,1-2H3/b8-7+. The lowest BCUT2D eigenvalue weighted by Gasteiger charge is -2.26. The summed E-state index contributed by atoms with van der Waals surface area (Å²) in [5, 5.41) is 3.24. The first-order valence-electron chi connectivity index (χ1n) is 7.71. The molecule has 1 amide bonds. The van der Waals surface area contributed by atoms with Gasteiger partial charge in [-0.25, -0.2) is 0 Å². The first kappa shape index (κ1) is 16.5. The second kappa shape index (κ2) is 8.56. The monoisotopic (exact) mass is 303 g/mol. The van der Waals surface area contributed by atoms with Crippen LogP contribution in [0, 0.1) is 0 Å². The van der Waals surface area contributed by atoms with E-state index < -0.39 is 0 Å². The van der Waals surface area contributed by atoms with Gasteiger partial charge in [-0.15, -0.1) is 0 Å². The molecule has 0 atom stereocenters. The molecule has 120 valence electrons. The zero-order valence-corrected chi connectivity index (χ0v) is 13.4. The number of para-hydroxylation sites is 1. The summed E-state index contributed by atoms with van der Waals surface area (Å²) in [5.41, 5.74) is 0.935. The Kier molecular flexibility index (Phi) is 6.43. The van der Waals surface area contributed by atoms with Crippen molar-refractivity contribution < 1.29 is 9.53 Å². The van der Waals surface area contributed by atoms with Gasteiger partial charge in [0.15, 0.2) is 0 Å². The van der Waals surface area contributed by atoms with Crippen LogP contribution in [0.15, 0.2) is 30.3 Å². The molecule has 5 nitrogen and oxygen atoms in total. The number of nitrogens with one attached hydrogen (secondary N) is 1. The summed E-state index contributed by atoms with van der Waals surface area (Å²) in [6.07, 6.45) is 3.48. The van der Waals surface area contributed by atoms with Crippen molar-refractivity contribution in [2.45, 2.75) is 0 Å². The highest BCUT2D eigenvalue weighted by Gasteiger charge is 2.13. The topological polar surface area (TPSA) is 44.8 Å². The van der Waals surface area contributed by atoms with E-state index in [1.807, 2.05) is 49.3 Å². The van der Waals surface area contributed by atoms with Gasteiger partial charge in [-0.2, -0.15) is 0 Å². The molecule has 1 saturated heterocycles. The average molecular weight is 303 g/mol. The molecule has 1 aliphatic heterocycles. The van der Waals surface area contributed by atoms with Crippen LogP contribution in [0.5, 0.6) is 5.75 Å². The number of ether oxygens (including phenoxy) is 1. The number of likely N-dealkylation sites (N-methyl/N-ethyl adjacent to an activating group) is 1. The van der Waals surface area contributed by atoms with Crippen LogP contribution in [-0.4, -0.2) is 69.1 Å². The molecule has 1 heterocycles. The van der Waals surface area contributed by atoms with Gasteiger partial charge in [-0.1, -0.05) is 18.2 Å². The Hall–Kier alpha value is -1.85. The van der Waals surface area contributed by atoms with Crippen LogP contribution in [-0.2, 0) is 4.79 Å². The predicted octanol–water partition coefficient (Wildman–Crippen LogP) is 1.07. The van der Waals surface area contributed by atoms with Gasteiger partial charge in [0.25, 0.3) is 0 Å². The van der Waals surface area contributed by atoms with Gasteiger partial charge in [0, 0.05) is 44.4 Å². The average Bonchev–Trinajstić information content (AvgIpc) is 2.54. The second-order valence-corrected chi connectivity index (χ2v) is 5.60. The summed E-state index contributed by atoms with van der Waals surface area (Å²) < 4.78 is 5.80. The Morgan fingerprint density at radius 1 is 1.32 bits per heavy atom. The number of nitrogens with zero attached hydrogens (tertiary/aromatic N) is 2. The third-order valence-corrected chi connectivity index (χ3v) is 3.55. The Balaban J connectivity index is 1.96. The molecule has 0 aliphatic carbocycles. The summed E-state index contributed by atoms with van der Waals surface area (Å²) in [4.78, 5) is 16.1. The normalized spacial score (nSPS) is 15.5. The fourth-order valence-corrected chi connectivity index (χ4v) is 2.24. The maximum absolute atomic E-state index is 12.1. The van der Waals surface area contributed by atoms with Crippen molar-refractivity contribution >= 4 is 12.0 Å². The summed E-state index contributed by atoms with van der Waals surface area (Å²) in [6, 6.07) is 7.80. The smallest absolute Gasteiger partial charge is 0.246 e. The molecule has 5 heteroatoms. The number of carbonyl (C=O) groups excluding carboxylic acids is 1. The number of hydrogen-bond donors (Lipinski definition) is 1. The molecule has 22 heavy (non-hydrogen) atoms. The molecule has 0 aromatic heterocycles. The van der Waals surface area contributed by atoms with E-state index >= 15 is 0 Å². The molecule has 1 aromatic rings. The lowest BCUT2D eigenvalue weighted by atomic mass is 10.2. The number of carbonyl (C=O) groups is 1. The third-order valence-electron chi connectivity index (χ3n) is 3.55. The van der Waals surface area contributed by atoms with Crippen LogP contribution in [0.2, 0.25) is 0 Å². The Morgan fingerprint density at radius 2 is 2.05 bits per heavy atom. The van der Waals surface area contributed by atoms with Gasteiger partial charge in [-0.3, -0.25) is 4.79 Å². The van der Waals surface area contributed by atoms with E-state index in [-0.39, 0.29) is 5.91 Å². The third kappa shape index (κ3) is 5.16. The number of piperazine rings is 1. The SMILES string of the molecule is CN(C)CCOc1ccccc1/C=C/C(=O)N1CCNCC1. The first-order valence-corrected chi connectivity index (χ1v) is 7.71. The van der Waals surface area contributed by atoms with Crippen LogP contribution in [0.3, 0.4) is 0 Å². The van der Waals surface area contributed by atoms with E-state index in [2.05, 4.69) is 10.2 Å². The lowest BCUT2D eigenvalue weighted by molar-refractivity contribution is -0.126. The summed E-state index contributed by atoms with van der Waals surface area (Å²) in [7, 11) is 4.03. The molecule has 1 aliphatic rings. The van der Waals surface area contributed by atoms with E-state index in [0.29, 0.717) is 6.61 Å². The highest BCUT2D eigenvalue weighted by molar-refractivity contribution is 5.92. The van der Waals surface area contributed by atoms with Crippen molar-refractivity contribution in [2.24, 2.45) is 0 Å². The van der Waals surface area contributed by atoms with E-state index in [0.717, 1.165) is 44.0 Å². The van der Waals surface area contributed by atoms with Crippen molar-refractivity contribution in [2.75, 3.05) is 53.4 Å². The Morgan fingerprint density at radius 3 is 2.77 bits per heavy atom. The quantitative estimate of drug-likeness (QED) is 0.799. The van der Waals surface area contributed by atoms with E-state index in [4.69, 9.17) is 4.74 Å². The molecule has 2 rings (SSSR count). The molecular formula is C17H25N3O2. The molecule has 0 bridgehead atoms. The minimum Gasteiger partial charge on any atom is -0.492 e. The molecule has 1 fully saturated rings. The van der Waals surface area contributed by atoms with Gasteiger partial charge in [0.2, 0.25) is 5.91 Å². The fraction of sp³-hybridized carbons (Fsp3) is 0.471. The van der Waals surface area contributed by atoms with Crippen LogP contribution >= 0.6 is 0 Å². The first-order chi connectivity index (χ1) is 10.7. The van der Waals surface area contributed by atoms with Gasteiger partial charge < -0.3 is 19.9 Å². The minimum absolute atomic E-state index is 0.0598. The van der Waals surface area contributed by atoms with Gasteiger partial charge in [0.1, 0.15) is 12.4 Å². The summed E-state index contributed by atoms with van der Waals surface area (Å²) in [6.45, 7) is 4.75. The zero-order valence-electron chi connectivity index (χ0n) is 13.4.